The molecule has 1 heterocycles. The van der Waals surface area contributed by atoms with Gasteiger partial charge in [-0.05, 0) is 63.1 Å². The van der Waals surface area contributed by atoms with E-state index >= 15 is 0 Å². The summed E-state index contributed by atoms with van der Waals surface area (Å²) in [5.74, 6) is 0.254. The second-order valence-corrected chi connectivity index (χ2v) is 10.00. The summed E-state index contributed by atoms with van der Waals surface area (Å²) in [7, 11) is 0. The number of carbonyl (C=O) groups is 2. The van der Waals surface area contributed by atoms with Gasteiger partial charge in [0.2, 0.25) is 5.91 Å². The number of hydrogen-bond acceptors (Lipinski definition) is 3. The molecule has 0 aliphatic carbocycles. The summed E-state index contributed by atoms with van der Waals surface area (Å²) in [4.78, 5) is 28.0. The van der Waals surface area contributed by atoms with Gasteiger partial charge in [-0.2, -0.15) is 5.10 Å². The van der Waals surface area contributed by atoms with Gasteiger partial charge in [-0.25, -0.2) is 9.48 Å². The molecule has 8 heteroatoms. The van der Waals surface area contributed by atoms with E-state index in [9.17, 15) is 9.59 Å². The van der Waals surface area contributed by atoms with E-state index in [1.165, 1.54) is 4.90 Å². The van der Waals surface area contributed by atoms with Crippen molar-refractivity contribution in [3.8, 4) is 16.8 Å². The van der Waals surface area contributed by atoms with Crippen molar-refractivity contribution in [2.45, 2.75) is 33.7 Å². The van der Waals surface area contributed by atoms with Crippen molar-refractivity contribution in [3.05, 3.63) is 94.6 Å². The molecule has 1 aromatic heterocycles. The zero-order valence-corrected chi connectivity index (χ0v) is 22.9. The highest BCUT2D eigenvalue weighted by atomic mass is 79.9. The summed E-state index contributed by atoms with van der Waals surface area (Å²) in [6, 6.07) is 24.5. The van der Waals surface area contributed by atoms with Crippen LogP contribution in [-0.4, -0.2) is 39.2 Å². The van der Waals surface area contributed by atoms with Crippen molar-refractivity contribution in [3.63, 3.8) is 0 Å². The Balaban J connectivity index is 1.65. The van der Waals surface area contributed by atoms with Gasteiger partial charge in [-0.3, -0.25) is 4.79 Å². The smallest absolute Gasteiger partial charge is 0.313 e. The average molecular weight is 560 g/mol. The number of rotatable bonds is 7. The lowest BCUT2D eigenvalue weighted by atomic mass is 10.1. The molecule has 0 atom stereocenters. The molecule has 0 radical (unpaired) electrons. The Labute approximate surface area is 225 Å². The number of aryl methyl sites for hydroxylation is 2. The molecular formula is C29H30BrN5O2. The molecule has 4 aromatic rings. The van der Waals surface area contributed by atoms with Crippen LogP contribution < -0.4 is 10.6 Å². The number of carbonyl (C=O) groups excluding carboxylic acids is 2. The van der Waals surface area contributed by atoms with E-state index in [2.05, 4.69) is 26.6 Å². The molecule has 0 unspecified atom stereocenters. The van der Waals surface area contributed by atoms with E-state index < -0.39 is 0 Å². The maximum absolute atomic E-state index is 13.4. The van der Waals surface area contributed by atoms with Gasteiger partial charge in [-0.1, -0.05) is 70.5 Å². The highest BCUT2D eigenvalue weighted by Gasteiger charge is 2.24. The standard InChI is InChI=1S/C29H30BrN5O2/c1-19(2)34(29(37)31-24-15-10-14-23(30)17-24)18-26(36)32-28-27(22-12-6-5-7-13-22)21(4)33-35(28)25-16-9-8-11-20(25)3/h5-17,19H,18H2,1-4H3,(H,31,37)(H,32,36). The molecule has 3 aromatic carbocycles. The lowest BCUT2D eigenvalue weighted by molar-refractivity contribution is -0.117. The molecule has 4 rings (SSSR count). The van der Waals surface area contributed by atoms with Crippen molar-refractivity contribution in [2.24, 2.45) is 0 Å². The first-order chi connectivity index (χ1) is 17.7. The summed E-state index contributed by atoms with van der Waals surface area (Å²) >= 11 is 3.42. The molecule has 0 aliphatic heterocycles. The topological polar surface area (TPSA) is 79.3 Å². The quantitative estimate of drug-likeness (QED) is 0.261. The molecule has 0 spiro atoms. The first-order valence-corrected chi connectivity index (χ1v) is 12.9. The van der Waals surface area contributed by atoms with Gasteiger partial charge in [-0.15, -0.1) is 0 Å². The van der Waals surface area contributed by atoms with E-state index in [1.807, 2.05) is 100 Å². The van der Waals surface area contributed by atoms with Crippen LogP contribution in [-0.2, 0) is 4.79 Å². The van der Waals surface area contributed by atoms with Crippen LogP contribution in [0.4, 0.5) is 16.3 Å². The van der Waals surface area contributed by atoms with Crippen LogP contribution in [0.1, 0.15) is 25.1 Å². The van der Waals surface area contributed by atoms with Crippen molar-refractivity contribution >= 4 is 39.4 Å². The lowest BCUT2D eigenvalue weighted by Crippen LogP contribution is -2.44. The minimum Gasteiger partial charge on any atom is -0.313 e. The molecule has 190 valence electrons. The summed E-state index contributed by atoms with van der Waals surface area (Å²) in [6.45, 7) is 7.57. The fourth-order valence-corrected chi connectivity index (χ4v) is 4.54. The van der Waals surface area contributed by atoms with Crippen LogP contribution in [0.15, 0.2) is 83.3 Å². The predicted octanol–water partition coefficient (Wildman–Crippen LogP) is 6.80. The number of amides is 3. The van der Waals surface area contributed by atoms with Gasteiger partial charge in [0.1, 0.15) is 12.4 Å². The van der Waals surface area contributed by atoms with E-state index in [1.54, 1.807) is 10.7 Å². The van der Waals surface area contributed by atoms with Crippen LogP contribution >= 0.6 is 15.9 Å². The van der Waals surface area contributed by atoms with Gasteiger partial charge in [0, 0.05) is 21.8 Å². The van der Waals surface area contributed by atoms with Crippen LogP contribution in [0.25, 0.3) is 16.8 Å². The van der Waals surface area contributed by atoms with Gasteiger partial charge < -0.3 is 15.5 Å². The minimum absolute atomic E-state index is 0.121. The third-order valence-corrected chi connectivity index (χ3v) is 6.49. The number of anilines is 2. The maximum atomic E-state index is 13.4. The van der Waals surface area contributed by atoms with E-state index in [-0.39, 0.29) is 24.5 Å². The Morgan fingerprint density at radius 2 is 1.65 bits per heavy atom. The fraction of sp³-hybridized carbons (Fsp3) is 0.207. The van der Waals surface area contributed by atoms with Gasteiger partial charge >= 0.3 is 6.03 Å². The molecule has 37 heavy (non-hydrogen) atoms. The normalized spacial score (nSPS) is 10.9. The van der Waals surface area contributed by atoms with Crippen LogP contribution in [0.2, 0.25) is 0 Å². The SMILES string of the molecule is Cc1ccccc1-n1nc(C)c(-c2ccccc2)c1NC(=O)CN(C(=O)Nc1cccc(Br)c1)C(C)C. The van der Waals surface area contributed by atoms with Crippen LogP contribution in [0.5, 0.6) is 0 Å². The molecule has 3 amide bonds. The molecule has 0 saturated heterocycles. The number of benzene rings is 3. The minimum atomic E-state index is -0.352. The molecular weight excluding hydrogens is 530 g/mol. The number of nitrogens with one attached hydrogen (secondary N) is 2. The van der Waals surface area contributed by atoms with Crippen molar-refractivity contribution in [2.75, 3.05) is 17.2 Å². The van der Waals surface area contributed by atoms with Gasteiger partial charge in [0.05, 0.1) is 11.4 Å². The first kappa shape index (κ1) is 26.2. The monoisotopic (exact) mass is 559 g/mol. The lowest BCUT2D eigenvalue weighted by Gasteiger charge is -2.26. The second-order valence-electron chi connectivity index (χ2n) is 9.08. The van der Waals surface area contributed by atoms with E-state index in [0.29, 0.717) is 11.5 Å². The summed E-state index contributed by atoms with van der Waals surface area (Å²) in [6.07, 6.45) is 0. The zero-order chi connectivity index (χ0) is 26.5. The molecule has 0 aliphatic rings. The third-order valence-electron chi connectivity index (χ3n) is 6.00. The Hall–Kier alpha value is -3.91. The van der Waals surface area contributed by atoms with Crippen molar-refractivity contribution in [1.82, 2.24) is 14.7 Å². The highest BCUT2D eigenvalue weighted by Crippen LogP contribution is 2.34. The predicted molar refractivity (Wildman–Crippen MR) is 152 cm³/mol. The van der Waals surface area contributed by atoms with E-state index in [4.69, 9.17) is 5.10 Å². The average Bonchev–Trinajstić information content (AvgIpc) is 3.18. The van der Waals surface area contributed by atoms with Crippen LogP contribution in [0.3, 0.4) is 0 Å². The Bertz CT molecular complexity index is 1420. The van der Waals surface area contributed by atoms with Crippen LogP contribution in [0, 0.1) is 13.8 Å². The summed E-state index contributed by atoms with van der Waals surface area (Å²) < 4.78 is 2.62. The second kappa shape index (κ2) is 11.4. The van der Waals surface area contributed by atoms with Gasteiger partial charge in [0.25, 0.3) is 0 Å². The van der Waals surface area contributed by atoms with Crippen molar-refractivity contribution < 1.29 is 9.59 Å². The first-order valence-electron chi connectivity index (χ1n) is 12.1. The molecule has 0 fully saturated rings. The number of halogens is 1. The van der Waals surface area contributed by atoms with E-state index in [0.717, 1.165) is 32.5 Å². The molecule has 0 bridgehead atoms. The van der Waals surface area contributed by atoms with Crippen molar-refractivity contribution in [1.29, 1.82) is 0 Å². The summed E-state index contributed by atoms with van der Waals surface area (Å²) in [5, 5.41) is 10.7. The Morgan fingerprint density at radius 3 is 2.32 bits per heavy atom. The number of hydrogen-bond donors (Lipinski definition) is 2. The number of nitrogens with zero attached hydrogens (tertiary/aromatic N) is 3. The molecule has 2 N–H and O–H groups in total. The summed E-state index contributed by atoms with van der Waals surface area (Å²) in [5.41, 5.74) is 5.12. The number of para-hydroxylation sites is 1. The van der Waals surface area contributed by atoms with Gasteiger partial charge in [0.15, 0.2) is 0 Å². The number of urea groups is 1. The largest absolute Gasteiger partial charge is 0.322 e. The fourth-order valence-electron chi connectivity index (χ4n) is 4.15. The Kier molecular flexibility index (Phi) is 8.08. The maximum Gasteiger partial charge on any atom is 0.322 e. The third kappa shape index (κ3) is 6.09. The zero-order valence-electron chi connectivity index (χ0n) is 21.3. The molecule has 0 saturated carbocycles. The Morgan fingerprint density at radius 1 is 0.946 bits per heavy atom. The molecule has 7 nitrogen and oxygen atoms in total. The highest BCUT2D eigenvalue weighted by molar-refractivity contribution is 9.10. The number of aromatic nitrogens is 2.